The second-order valence-corrected chi connectivity index (χ2v) is 4.02. The molecule has 20 heavy (non-hydrogen) atoms. The summed E-state index contributed by atoms with van der Waals surface area (Å²) >= 11 is 0. The lowest BCUT2D eigenvalue weighted by atomic mass is 10.1. The van der Waals surface area contributed by atoms with Crippen LogP contribution in [0.5, 0.6) is 0 Å². The molecule has 0 amide bonds. The molecule has 100 valence electrons. The van der Waals surface area contributed by atoms with Crippen LogP contribution in [0.15, 0.2) is 36.4 Å². The molecule has 0 atom stereocenters. The molecular formula is C13H11N5O2. The average molecular weight is 269 g/mol. The van der Waals surface area contributed by atoms with Crippen molar-refractivity contribution in [3.05, 3.63) is 57.6 Å². The Kier molecular flexibility index (Phi) is 3.77. The summed E-state index contributed by atoms with van der Waals surface area (Å²) in [7, 11) is 0. The van der Waals surface area contributed by atoms with Gasteiger partial charge >= 0.3 is 5.69 Å². The van der Waals surface area contributed by atoms with Crippen LogP contribution in [0.4, 0.5) is 17.3 Å². The van der Waals surface area contributed by atoms with Gasteiger partial charge in [0.15, 0.2) is 0 Å². The fraction of sp³-hybridized carbons (Fsp3) is 0.0769. The van der Waals surface area contributed by atoms with Crippen LogP contribution in [0.2, 0.25) is 0 Å². The highest BCUT2D eigenvalue weighted by atomic mass is 16.6. The molecule has 7 heteroatoms. The number of nitrogen functional groups attached to an aromatic ring is 1. The van der Waals surface area contributed by atoms with Gasteiger partial charge in [-0.2, -0.15) is 5.26 Å². The number of aromatic nitrogens is 1. The van der Waals surface area contributed by atoms with Gasteiger partial charge < -0.3 is 11.1 Å². The monoisotopic (exact) mass is 269 g/mol. The van der Waals surface area contributed by atoms with E-state index in [1.54, 1.807) is 18.2 Å². The number of nitro groups is 1. The number of nitrogens with zero attached hydrogens (tertiary/aromatic N) is 3. The molecule has 0 spiro atoms. The van der Waals surface area contributed by atoms with Gasteiger partial charge in [-0.15, -0.1) is 0 Å². The first-order chi connectivity index (χ1) is 9.60. The van der Waals surface area contributed by atoms with Gasteiger partial charge in [0, 0.05) is 12.6 Å². The molecule has 0 aliphatic rings. The first-order valence-electron chi connectivity index (χ1n) is 5.74. The summed E-state index contributed by atoms with van der Waals surface area (Å²) in [6.07, 6.45) is 0. The van der Waals surface area contributed by atoms with Crippen LogP contribution in [-0.4, -0.2) is 9.91 Å². The molecule has 1 aromatic carbocycles. The Hall–Kier alpha value is -3.14. The number of nitrogens with two attached hydrogens (primary N) is 1. The van der Waals surface area contributed by atoms with Gasteiger partial charge in [0.1, 0.15) is 5.82 Å². The largest absolute Gasteiger partial charge is 0.378 e. The van der Waals surface area contributed by atoms with Gasteiger partial charge in [0.2, 0.25) is 5.82 Å². The topological polar surface area (TPSA) is 118 Å². The van der Waals surface area contributed by atoms with Crippen molar-refractivity contribution < 1.29 is 4.92 Å². The first-order valence-corrected chi connectivity index (χ1v) is 5.74. The van der Waals surface area contributed by atoms with Gasteiger partial charge in [0.25, 0.3) is 0 Å². The van der Waals surface area contributed by atoms with Crippen molar-refractivity contribution in [3.63, 3.8) is 0 Å². The molecule has 0 aliphatic heterocycles. The maximum atomic E-state index is 10.6. The summed E-state index contributed by atoms with van der Waals surface area (Å²) in [5.74, 6) is 0.307. The lowest BCUT2D eigenvalue weighted by Gasteiger charge is -2.06. The van der Waals surface area contributed by atoms with Crippen molar-refractivity contribution in [2.45, 2.75) is 6.54 Å². The number of benzene rings is 1. The van der Waals surface area contributed by atoms with E-state index in [4.69, 9.17) is 11.0 Å². The maximum absolute atomic E-state index is 10.6. The number of anilines is 2. The lowest BCUT2D eigenvalue weighted by molar-refractivity contribution is -0.384. The van der Waals surface area contributed by atoms with Crippen molar-refractivity contribution in [3.8, 4) is 6.07 Å². The number of hydrogen-bond donors (Lipinski definition) is 2. The Morgan fingerprint density at radius 3 is 2.85 bits per heavy atom. The Morgan fingerprint density at radius 2 is 2.20 bits per heavy atom. The minimum Gasteiger partial charge on any atom is -0.378 e. The normalized spacial score (nSPS) is 9.75. The van der Waals surface area contributed by atoms with E-state index in [1.165, 1.54) is 12.1 Å². The quantitative estimate of drug-likeness (QED) is 0.647. The molecule has 0 aliphatic carbocycles. The molecule has 2 rings (SSSR count). The summed E-state index contributed by atoms with van der Waals surface area (Å²) in [4.78, 5) is 13.9. The molecule has 0 bridgehead atoms. The van der Waals surface area contributed by atoms with Crippen molar-refractivity contribution in [2.75, 3.05) is 11.1 Å². The highest BCUT2D eigenvalue weighted by Gasteiger charge is 2.12. The van der Waals surface area contributed by atoms with Gasteiger partial charge in [-0.1, -0.05) is 12.1 Å². The smallest absolute Gasteiger partial charge is 0.311 e. The zero-order chi connectivity index (χ0) is 14.5. The Morgan fingerprint density at radius 1 is 1.40 bits per heavy atom. The number of hydrogen-bond acceptors (Lipinski definition) is 6. The van der Waals surface area contributed by atoms with Crippen LogP contribution in [0, 0.1) is 21.4 Å². The predicted molar refractivity (Wildman–Crippen MR) is 73.8 cm³/mol. The molecule has 0 saturated carbocycles. The Labute approximate surface area is 114 Å². The van der Waals surface area contributed by atoms with E-state index >= 15 is 0 Å². The zero-order valence-corrected chi connectivity index (χ0v) is 10.4. The molecule has 0 unspecified atom stereocenters. The van der Waals surface area contributed by atoms with Crippen LogP contribution in [0.1, 0.15) is 11.1 Å². The molecule has 0 saturated heterocycles. The highest BCUT2D eigenvalue weighted by molar-refractivity contribution is 5.57. The van der Waals surface area contributed by atoms with Crippen LogP contribution < -0.4 is 11.1 Å². The van der Waals surface area contributed by atoms with E-state index in [0.717, 1.165) is 5.56 Å². The highest BCUT2D eigenvalue weighted by Crippen LogP contribution is 2.21. The standard InChI is InChI=1S/C13H11N5O2/c14-7-9-2-1-3-10(6-9)8-16-12-5-4-11(18(19)20)13(15)17-12/h1-6H,8H2,(H3,15,16,17). The first kappa shape index (κ1) is 13.3. The number of nitrogens with one attached hydrogen (secondary N) is 1. The molecule has 2 aromatic rings. The Balaban J connectivity index is 2.09. The fourth-order valence-corrected chi connectivity index (χ4v) is 1.66. The lowest BCUT2D eigenvalue weighted by Crippen LogP contribution is -2.05. The Bertz CT molecular complexity index is 693. The summed E-state index contributed by atoms with van der Waals surface area (Å²) in [5.41, 5.74) is 6.76. The fourth-order valence-electron chi connectivity index (χ4n) is 1.66. The number of rotatable bonds is 4. The minimum atomic E-state index is -0.581. The minimum absolute atomic E-state index is 0.134. The van der Waals surface area contributed by atoms with Crippen LogP contribution >= 0.6 is 0 Å². The van der Waals surface area contributed by atoms with E-state index in [0.29, 0.717) is 17.9 Å². The van der Waals surface area contributed by atoms with E-state index < -0.39 is 4.92 Å². The molecule has 3 N–H and O–H groups in total. The van der Waals surface area contributed by atoms with Crippen LogP contribution in [0.25, 0.3) is 0 Å². The van der Waals surface area contributed by atoms with Crippen molar-refractivity contribution >= 4 is 17.3 Å². The van der Waals surface area contributed by atoms with Crippen LogP contribution in [0.3, 0.4) is 0 Å². The number of pyridine rings is 1. The van der Waals surface area contributed by atoms with Crippen molar-refractivity contribution in [1.82, 2.24) is 4.98 Å². The average Bonchev–Trinajstić information content (AvgIpc) is 2.45. The van der Waals surface area contributed by atoms with E-state index in [-0.39, 0.29) is 11.5 Å². The van der Waals surface area contributed by atoms with Crippen molar-refractivity contribution in [2.24, 2.45) is 0 Å². The second-order valence-electron chi connectivity index (χ2n) is 4.02. The third-order valence-corrected chi connectivity index (χ3v) is 2.63. The van der Waals surface area contributed by atoms with Crippen molar-refractivity contribution in [1.29, 1.82) is 5.26 Å². The second kappa shape index (κ2) is 5.67. The molecule has 7 nitrogen and oxygen atoms in total. The summed E-state index contributed by atoms with van der Waals surface area (Å²) in [6, 6.07) is 12.0. The summed E-state index contributed by atoms with van der Waals surface area (Å²) in [5, 5.41) is 22.4. The number of nitriles is 1. The van der Waals surface area contributed by atoms with Gasteiger partial charge in [-0.3, -0.25) is 10.1 Å². The van der Waals surface area contributed by atoms with Crippen LogP contribution in [-0.2, 0) is 6.54 Å². The van der Waals surface area contributed by atoms with E-state index in [1.807, 2.05) is 6.07 Å². The van der Waals surface area contributed by atoms with Gasteiger partial charge in [-0.25, -0.2) is 4.98 Å². The van der Waals surface area contributed by atoms with Gasteiger partial charge in [-0.05, 0) is 23.8 Å². The maximum Gasteiger partial charge on any atom is 0.311 e. The molecular weight excluding hydrogens is 258 g/mol. The molecule has 1 heterocycles. The van der Waals surface area contributed by atoms with Gasteiger partial charge in [0.05, 0.1) is 16.6 Å². The summed E-state index contributed by atoms with van der Waals surface area (Å²) in [6.45, 7) is 0.444. The predicted octanol–water partition coefficient (Wildman–Crippen LogP) is 2.06. The third kappa shape index (κ3) is 3.00. The van der Waals surface area contributed by atoms with E-state index in [9.17, 15) is 10.1 Å². The summed E-state index contributed by atoms with van der Waals surface area (Å²) < 4.78 is 0. The molecule has 1 aromatic heterocycles. The SMILES string of the molecule is N#Cc1cccc(CNc2ccc([N+](=O)[O-])c(N)n2)c1. The third-order valence-electron chi connectivity index (χ3n) is 2.63. The van der Waals surface area contributed by atoms with E-state index in [2.05, 4.69) is 16.4 Å². The zero-order valence-electron chi connectivity index (χ0n) is 10.4. The molecule has 0 fully saturated rings. The molecule has 0 radical (unpaired) electrons.